The van der Waals surface area contributed by atoms with Crippen LogP contribution in [0.25, 0.3) is 88.0 Å². The molecule has 0 aliphatic heterocycles. The second-order valence-corrected chi connectivity index (χ2v) is 10.3. The number of benzene rings is 8. The Hall–Kier alpha value is -5.92. The first-order valence-corrected chi connectivity index (χ1v) is 14.0. The summed E-state index contributed by atoms with van der Waals surface area (Å²) in [7, 11) is 0. The second-order valence-electron chi connectivity index (χ2n) is 10.3. The SMILES string of the molecule is [2H]c1c([2H])c([2H])c(-c2cc(-c3c4c([2H])c([2H])c([2H])c([2H])c4c(-c4ccccc4-c4c([2H])c([2H])c([2H])c([2H])c4[2H])c4c([2H])c([2H])c([2H])c([2H])c34)c3c(c2)oc2ccccc23)c([2H])c1[2H]. The number of rotatable bonds is 4. The fourth-order valence-electron chi connectivity index (χ4n) is 6.06. The van der Waals surface area contributed by atoms with E-state index in [2.05, 4.69) is 0 Å². The van der Waals surface area contributed by atoms with Crippen molar-refractivity contribution in [2.75, 3.05) is 0 Å². The number of para-hydroxylation sites is 1. The van der Waals surface area contributed by atoms with Crippen molar-refractivity contribution in [1.29, 1.82) is 0 Å². The van der Waals surface area contributed by atoms with E-state index in [-0.39, 0.29) is 71.6 Å². The monoisotopic (exact) mass is 590 g/mol. The van der Waals surface area contributed by atoms with E-state index < -0.39 is 109 Å². The maximum Gasteiger partial charge on any atom is 0.136 e. The number of fused-ring (bicyclic) bond motifs is 5. The van der Waals surface area contributed by atoms with Crippen molar-refractivity contribution in [2.24, 2.45) is 0 Å². The second kappa shape index (κ2) is 10.4. The third-order valence-corrected chi connectivity index (χ3v) is 7.88. The fraction of sp³-hybridized carbons (Fsp3) is 0. The molecule has 1 heterocycles. The molecule has 0 unspecified atom stereocenters. The molecular formula is C44H28O. The summed E-state index contributed by atoms with van der Waals surface area (Å²) in [5.41, 5.74) is -0.137. The smallest absolute Gasteiger partial charge is 0.136 e. The average Bonchev–Trinajstić information content (AvgIpc) is 3.66. The van der Waals surface area contributed by atoms with Crippen molar-refractivity contribution < 1.29 is 29.1 Å². The Balaban J connectivity index is 1.60. The van der Waals surface area contributed by atoms with Gasteiger partial charge in [0.2, 0.25) is 0 Å². The van der Waals surface area contributed by atoms with Crippen molar-refractivity contribution in [3.8, 4) is 44.5 Å². The predicted octanol–water partition coefficient (Wildman–Crippen LogP) is 12.6. The van der Waals surface area contributed by atoms with Crippen molar-refractivity contribution >= 4 is 43.5 Å². The van der Waals surface area contributed by atoms with Crippen LogP contribution in [0.15, 0.2) is 174 Å². The normalized spacial score (nSPS) is 17.2. The van der Waals surface area contributed by atoms with Crippen LogP contribution >= 0.6 is 0 Å². The first-order chi connectivity index (χ1) is 29.8. The maximum atomic E-state index is 9.57. The molecule has 9 rings (SSSR count). The lowest BCUT2D eigenvalue weighted by Gasteiger charge is -2.20. The van der Waals surface area contributed by atoms with Gasteiger partial charge in [0.15, 0.2) is 0 Å². The summed E-state index contributed by atoms with van der Waals surface area (Å²) in [6.07, 6.45) is 0. The van der Waals surface area contributed by atoms with Crippen LogP contribution in [0.2, 0.25) is 0 Å². The molecule has 210 valence electrons. The molecule has 0 saturated carbocycles. The van der Waals surface area contributed by atoms with Crippen LogP contribution < -0.4 is 0 Å². The molecule has 0 atom stereocenters. The third-order valence-electron chi connectivity index (χ3n) is 7.88. The molecule has 0 spiro atoms. The molecule has 0 saturated heterocycles. The van der Waals surface area contributed by atoms with Crippen molar-refractivity contribution in [1.82, 2.24) is 0 Å². The largest absolute Gasteiger partial charge is 0.456 e. The summed E-state index contributed by atoms with van der Waals surface area (Å²) in [6, 6.07) is 4.35. The van der Waals surface area contributed by atoms with Crippen molar-refractivity contribution in [3.05, 3.63) is 169 Å². The van der Waals surface area contributed by atoms with Gasteiger partial charge < -0.3 is 4.42 Å². The molecular weight excluding hydrogens is 544 g/mol. The minimum atomic E-state index is -0.702. The van der Waals surface area contributed by atoms with Gasteiger partial charge in [-0.05, 0) is 84.3 Å². The van der Waals surface area contributed by atoms with E-state index in [1.165, 1.54) is 30.3 Å². The zero-order valence-electron chi connectivity index (χ0n) is 41.2. The van der Waals surface area contributed by atoms with Gasteiger partial charge in [-0.2, -0.15) is 0 Å². The molecule has 1 heteroatoms. The quantitative estimate of drug-likeness (QED) is 0.186. The molecule has 0 bridgehead atoms. The van der Waals surface area contributed by atoms with Crippen LogP contribution in [0, 0.1) is 0 Å². The summed E-state index contributed by atoms with van der Waals surface area (Å²) in [4.78, 5) is 0. The standard InChI is InChI=1S/C44H28O/c1-3-15-29(16-4-1)31-27-39(44-38-25-13-14-26-40(38)45-41(44)28-31)43-36-23-11-9-21-34(36)42(35-22-10-12-24-37(35)43)33-20-8-7-19-32(33)30-17-5-2-6-18-30/h1-28H/i1D,2D,3D,4D,5D,6D,9D,10D,11D,12D,15D,16D,17D,18D,21D,22D,23D,24D. The molecule has 0 amide bonds. The molecule has 45 heavy (non-hydrogen) atoms. The van der Waals surface area contributed by atoms with Gasteiger partial charge in [-0.25, -0.2) is 0 Å². The number of hydrogen-bond donors (Lipinski definition) is 0. The van der Waals surface area contributed by atoms with Crippen LogP contribution in [-0.4, -0.2) is 0 Å². The topological polar surface area (TPSA) is 13.1 Å². The Labute approximate surface area is 286 Å². The molecule has 9 aromatic rings. The molecule has 0 radical (unpaired) electrons. The fourth-order valence-corrected chi connectivity index (χ4v) is 6.06. The first kappa shape index (κ1) is 13.4. The molecule has 1 aromatic heterocycles. The lowest BCUT2D eigenvalue weighted by molar-refractivity contribution is 0.669. The molecule has 0 fully saturated rings. The zero-order chi connectivity index (χ0) is 45.4. The van der Waals surface area contributed by atoms with E-state index in [1.54, 1.807) is 30.3 Å². The van der Waals surface area contributed by atoms with E-state index in [4.69, 9.17) is 23.6 Å². The summed E-state index contributed by atoms with van der Waals surface area (Å²) in [5, 5.41) is -0.126. The Bertz CT molecular complexity index is 3420. The minimum absolute atomic E-state index is 0.0103. The zero-order valence-corrected chi connectivity index (χ0v) is 23.2. The Morgan fingerprint density at radius 3 is 1.53 bits per heavy atom. The lowest BCUT2D eigenvalue weighted by atomic mass is 9.82. The van der Waals surface area contributed by atoms with Gasteiger partial charge in [0.05, 0.1) is 24.7 Å². The van der Waals surface area contributed by atoms with Crippen LogP contribution in [-0.2, 0) is 0 Å². The lowest BCUT2D eigenvalue weighted by Crippen LogP contribution is -1.93. The van der Waals surface area contributed by atoms with Crippen LogP contribution in [0.5, 0.6) is 0 Å². The van der Waals surface area contributed by atoms with Gasteiger partial charge in [-0.1, -0.05) is 151 Å². The van der Waals surface area contributed by atoms with E-state index >= 15 is 0 Å². The van der Waals surface area contributed by atoms with Gasteiger partial charge in [0, 0.05) is 10.8 Å². The summed E-state index contributed by atoms with van der Waals surface area (Å²) >= 11 is 0. The molecule has 8 aromatic carbocycles. The first-order valence-electron chi connectivity index (χ1n) is 23.0. The molecule has 0 N–H and O–H groups in total. The highest BCUT2D eigenvalue weighted by atomic mass is 16.3. The summed E-state index contributed by atoms with van der Waals surface area (Å²) in [5.74, 6) is 0. The summed E-state index contributed by atoms with van der Waals surface area (Å²) < 4.78 is 166. The van der Waals surface area contributed by atoms with Crippen LogP contribution in [0.3, 0.4) is 0 Å². The third kappa shape index (κ3) is 4.09. The van der Waals surface area contributed by atoms with Gasteiger partial charge in [-0.3, -0.25) is 0 Å². The van der Waals surface area contributed by atoms with E-state index in [9.17, 15) is 5.48 Å². The number of furan rings is 1. The molecule has 0 aliphatic carbocycles. The molecule has 1 nitrogen and oxygen atoms in total. The maximum absolute atomic E-state index is 9.57. The Kier molecular flexibility index (Phi) is 3.08. The van der Waals surface area contributed by atoms with Gasteiger partial charge in [0.25, 0.3) is 0 Å². The molecule has 0 aliphatic rings. The average molecular weight is 591 g/mol. The van der Waals surface area contributed by atoms with Crippen molar-refractivity contribution in [3.63, 3.8) is 0 Å². The van der Waals surface area contributed by atoms with E-state index in [0.29, 0.717) is 16.4 Å². The predicted molar refractivity (Wildman–Crippen MR) is 190 cm³/mol. The Morgan fingerprint density at radius 1 is 0.378 bits per heavy atom. The van der Waals surface area contributed by atoms with Crippen LogP contribution in [0.4, 0.5) is 0 Å². The highest BCUT2D eigenvalue weighted by Crippen LogP contribution is 2.49. The van der Waals surface area contributed by atoms with Gasteiger partial charge in [-0.15, -0.1) is 0 Å². The highest BCUT2D eigenvalue weighted by molar-refractivity contribution is 6.26. The van der Waals surface area contributed by atoms with E-state index in [0.717, 1.165) is 0 Å². The van der Waals surface area contributed by atoms with Gasteiger partial charge >= 0.3 is 0 Å². The van der Waals surface area contributed by atoms with Crippen molar-refractivity contribution in [2.45, 2.75) is 0 Å². The summed E-state index contributed by atoms with van der Waals surface area (Å²) in [6.45, 7) is 0. The Morgan fingerprint density at radius 2 is 0.889 bits per heavy atom. The highest BCUT2D eigenvalue weighted by Gasteiger charge is 2.22. The van der Waals surface area contributed by atoms with Crippen LogP contribution in [0.1, 0.15) is 24.7 Å². The van der Waals surface area contributed by atoms with Gasteiger partial charge in [0.1, 0.15) is 11.2 Å². The minimum Gasteiger partial charge on any atom is -0.456 e. The van der Waals surface area contributed by atoms with E-state index in [1.807, 2.05) is 0 Å². The number of hydrogen-bond acceptors (Lipinski definition) is 1.